The molecule has 1 unspecified atom stereocenters. The van der Waals surface area contributed by atoms with Crippen molar-refractivity contribution in [2.45, 2.75) is 30.4 Å². The summed E-state index contributed by atoms with van der Waals surface area (Å²) in [6.45, 7) is 3.84. The number of hydrogen-bond acceptors (Lipinski definition) is 9. The number of aryl methyl sites for hydroxylation is 1. The van der Waals surface area contributed by atoms with E-state index in [1.807, 2.05) is 6.92 Å². The van der Waals surface area contributed by atoms with Gasteiger partial charge >= 0.3 is 16.1 Å². The Labute approximate surface area is 208 Å². The molecule has 2 N–H and O–H groups in total. The van der Waals surface area contributed by atoms with Gasteiger partial charge in [-0.3, -0.25) is 9.59 Å². The number of thioether (sulfide) groups is 1. The highest BCUT2D eigenvalue weighted by molar-refractivity contribution is 9.10. The van der Waals surface area contributed by atoms with E-state index < -0.39 is 27.2 Å². The van der Waals surface area contributed by atoms with Gasteiger partial charge in [-0.1, -0.05) is 29.5 Å². The molecule has 180 valence electrons. The van der Waals surface area contributed by atoms with Crippen molar-refractivity contribution in [1.82, 2.24) is 5.32 Å². The number of amidine groups is 1. The van der Waals surface area contributed by atoms with Crippen molar-refractivity contribution in [2.75, 3.05) is 6.61 Å². The third-order valence-corrected chi connectivity index (χ3v) is 7.22. The minimum atomic E-state index is -4.10. The van der Waals surface area contributed by atoms with Crippen molar-refractivity contribution in [3.05, 3.63) is 52.0 Å². The van der Waals surface area contributed by atoms with Gasteiger partial charge in [0, 0.05) is 0 Å². The van der Waals surface area contributed by atoms with Gasteiger partial charge in [0.25, 0.3) is 0 Å². The molecular formula is C21H20BrN3O7S2. The number of nitrogens with one attached hydrogen (secondary N) is 1. The molecule has 0 radical (unpaired) electrons. The molecule has 0 aromatic heterocycles. The Morgan fingerprint density at radius 2 is 2.00 bits per heavy atom. The molecule has 0 saturated carbocycles. The summed E-state index contributed by atoms with van der Waals surface area (Å²) in [6, 6.07) is 9.36. The molecular weight excluding hydrogens is 550 g/mol. The highest BCUT2D eigenvalue weighted by Crippen LogP contribution is 2.38. The maximum atomic E-state index is 12.7. The molecule has 2 aromatic carbocycles. The number of aliphatic carboxylic acids is 1. The zero-order chi connectivity index (χ0) is 24.9. The van der Waals surface area contributed by atoms with E-state index in [4.69, 9.17) is 14.0 Å². The van der Waals surface area contributed by atoms with Crippen LogP contribution in [0.5, 0.6) is 11.5 Å². The first-order chi connectivity index (χ1) is 16.1. The second-order valence-corrected chi connectivity index (χ2v) is 10.5. The molecule has 0 bridgehead atoms. The summed E-state index contributed by atoms with van der Waals surface area (Å²) in [6.07, 6.45) is 1.05. The van der Waals surface area contributed by atoms with E-state index in [0.717, 1.165) is 17.3 Å². The van der Waals surface area contributed by atoms with E-state index >= 15 is 0 Å². The second kappa shape index (κ2) is 11.0. The Kier molecular flexibility index (Phi) is 8.33. The zero-order valence-corrected chi connectivity index (χ0v) is 21.2. The number of amides is 1. The molecule has 1 fully saturated rings. The molecule has 10 nitrogen and oxygen atoms in total. The fourth-order valence-electron chi connectivity index (χ4n) is 2.76. The first-order valence-corrected chi connectivity index (χ1v) is 12.9. The molecule has 2 aromatic rings. The lowest BCUT2D eigenvalue weighted by Gasteiger charge is -2.14. The SMILES string of the molecule is CCOc1cc(C=N/N=C2\NC(=O)C(CC(=O)O)S2)cc(Br)c1OS(=O)(=O)c1ccc(C)cc1. The van der Waals surface area contributed by atoms with E-state index in [0.29, 0.717) is 10.0 Å². The largest absolute Gasteiger partial charge is 0.490 e. The molecule has 0 aliphatic carbocycles. The Hall–Kier alpha value is -2.90. The molecule has 1 aliphatic heterocycles. The van der Waals surface area contributed by atoms with Gasteiger partial charge < -0.3 is 19.3 Å². The normalized spacial score (nSPS) is 17.2. The number of ether oxygens (including phenoxy) is 1. The van der Waals surface area contributed by atoms with Crippen LogP contribution in [0.25, 0.3) is 0 Å². The van der Waals surface area contributed by atoms with Crippen molar-refractivity contribution >= 4 is 61.1 Å². The van der Waals surface area contributed by atoms with E-state index in [1.54, 1.807) is 25.1 Å². The highest BCUT2D eigenvalue weighted by Gasteiger charge is 2.32. The lowest BCUT2D eigenvalue weighted by Crippen LogP contribution is -2.26. The molecule has 1 atom stereocenters. The van der Waals surface area contributed by atoms with Crippen LogP contribution in [0, 0.1) is 6.92 Å². The molecule has 1 aliphatic rings. The number of hydrogen-bond donors (Lipinski definition) is 2. The summed E-state index contributed by atoms with van der Waals surface area (Å²) < 4.78 is 36.7. The number of rotatable bonds is 9. The molecule has 1 amide bonds. The topological polar surface area (TPSA) is 144 Å². The van der Waals surface area contributed by atoms with Crippen LogP contribution >= 0.6 is 27.7 Å². The summed E-state index contributed by atoms with van der Waals surface area (Å²) >= 11 is 4.30. The van der Waals surface area contributed by atoms with E-state index in [1.165, 1.54) is 24.4 Å². The van der Waals surface area contributed by atoms with Crippen molar-refractivity contribution in [3.63, 3.8) is 0 Å². The number of carbonyl (C=O) groups excluding carboxylic acids is 1. The molecule has 1 saturated heterocycles. The van der Waals surface area contributed by atoms with Crippen LogP contribution in [-0.4, -0.2) is 48.6 Å². The number of nitrogens with zero attached hydrogens (tertiary/aromatic N) is 2. The van der Waals surface area contributed by atoms with Gasteiger partial charge in [-0.25, -0.2) is 0 Å². The number of carbonyl (C=O) groups is 2. The average molecular weight is 570 g/mol. The van der Waals surface area contributed by atoms with Crippen LogP contribution < -0.4 is 14.2 Å². The maximum Gasteiger partial charge on any atom is 0.339 e. The first-order valence-electron chi connectivity index (χ1n) is 9.87. The standard InChI is InChI=1S/C21H20BrN3O7S2/c1-3-31-16-9-13(11-23-25-21-24-20(28)17(33-21)10-18(26)27)8-15(22)19(16)32-34(29,30)14-6-4-12(2)5-7-14/h4-9,11,17H,3,10H2,1-2H3,(H,26,27)(H,24,25,28). The Morgan fingerprint density at radius 1 is 1.29 bits per heavy atom. The Bertz CT molecular complexity index is 1260. The predicted octanol–water partition coefficient (Wildman–Crippen LogP) is 3.32. The number of carboxylic acids is 1. The van der Waals surface area contributed by atoms with E-state index in [2.05, 4.69) is 31.4 Å². The summed E-state index contributed by atoms with van der Waals surface area (Å²) in [5.41, 5.74) is 1.42. The second-order valence-electron chi connectivity index (χ2n) is 6.96. The van der Waals surface area contributed by atoms with Crippen LogP contribution in [-0.2, 0) is 19.7 Å². The van der Waals surface area contributed by atoms with Crippen molar-refractivity contribution in [2.24, 2.45) is 10.2 Å². The highest BCUT2D eigenvalue weighted by atomic mass is 79.9. The Balaban J connectivity index is 1.81. The fourth-order valence-corrected chi connectivity index (χ4v) is 5.28. The van der Waals surface area contributed by atoms with Crippen molar-refractivity contribution < 1.29 is 32.0 Å². The summed E-state index contributed by atoms with van der Waals surface area (Å²) in [7, 11) is -4.10. The fraction of sp³-hybridized carbons (Fsp3) is 0.238. The molecule has 34 heavy (non-hydrogen) atoms. The van der Waals surface area contributed by atoms with E-state index in [9.17, 15) is 18.0 Å². The molecule has 13 heteroatoms. The minimum absolute atomic E-state index is 0.00576. The third kappa shape index (κ3) is 6.58. The number of carboxylic acid groups (broad SMARTS) is 1. The van der Waals surface area contributed by atoms with Crippen LogP contribution in [0.3, 0.4) is 0 Å². The van der Waals surface area contributed by atoms with Gasteiger partial charge in [-0.15, -0.1) is 5.10 Å². The van der Waals surface area contributed by atoms with Gasteiger partial charge in [0.15, 0.2) is 16.7 Å². The molecule has 0 spiro atoms. The Morgan fingerprint density at radius 3 is 2.65 bits per heavy atom. The quantitative estimate of drug-likeness (QED) is 0.266. The van der Waals surface area contributed by atoms with Crippen molar-refractivity contribution in [1.29, 1.82) is 0 Å². The van der Waals surface area contributed by atoms with Crippen LogP contribution in [0.4, 0.5) is 0 Å². The summed E-state index contributed by atoms with van der Waals surface area (Å²) in [5.74, 6) is -1.37. The van der Waals surface area contributed by atoms with E-state index in [-0.39, 0.29) is 34.6 Å². The first kappa shape index (κ1) is 25.7. The summed E-state index contributed by atoms with van der Waals surface area (Å²) in [5, 5.41) is 18.5. The zero-order valence-electron chi connectivity index (χ0n) is 18.0. The van der Waals surface area contributed by atoms with Crippen LogP contribution in [0.2, 0.25) is 0 Å². The van der Waals surface area contributed by atoms with Crippen molar-refractivity contribution in [3.8, 4) is 11.5 Å². The monoisotopic (exact) mass is 569 g/mol. The molecule has 1 heterocycles. The van der Waals surface area contributed by atoms with Crippen LogP contribution in [0.1, 0.15) is 24.5 Å². The van der Waals surface area contributed by atoms with Gasteiger partial charge in [-0.2, -0.15) is 13.5 Å². The average Bonchev–Trinajstić information content (AvgIpc) is 3.09. The van der Waals surface area contributed by atoms with Crippen LogP contribution in [0.15, 0.2) is 56.0 Å². The van der Waals surface area contributed by atoms with Gasteiger partial charge in [-0.05, 0) is 59.6 Å². The third-order valence-electron chi connectivity index (χ3n) is 4.33. The van der Waals surface area contributed by atoms with Gasteiger partial charge in [0.2, 0.25) is 5.91 Å². The number of benzene rings is 2. The predicted molar refractivity (Wildman–Crippen MR) is 131 cm³/mol. The lowest BCUT2D eigenvalue weighted by atomic mass is 10.2. The van der Waals surface area contributed by atoms with Gasteiger partial charge in [0.05, 0.1) is 23.7 Å². The maximum absolute atomic E-state index is 12.7. The smallest absolute Gasteiger partial charge is 0.339 e. The molecule has 3 rings (SSSR count). The summed E-state index contributed by atoms with van der Waals surface area (Å²) in [4.78, 5) is 22.6. The lowest BCUT2D eigenvalue weighted by molar-refractivity contribution is -0.138. The number of halogens is 1. The minimum Gasteiger partial charge on any atom is -0.490 e. The van der Waals surface area contributed by atoms with Gasteiger partial charge in [0.1, 0.15) is 10.1 Å².